The zero-order valence-corrected chi connectivity index (χ0v) is 11.7. The molecule has 1 unspecified atom stereocenters. The molecule has 0 saturated heterocycles. The summed E-state index contributed by atoms with van der Waals surface area (Å²) in [6.45, 7) is 2.32. The van der Waals surface area contributed by atoms with Gasteiger partial charge in [0.2, 0.25) is 0 Å². The number of nitrogens with one attached hydrogen (secondary N) is 1. The molecule has 1 atom stereocenters. The monoisotopic (exact) mass is 284 g/mol. The summed E-state index contributed by atoms with van der Waals surface area (Å²) in [7, 11) is 0. The Morgan fingerprint density at radius 3 is 2.90 bits per heavy atom. The Morgan fingerprint density at radius 1 is 1.38 bits per heavy atom. The van der Waals surface area contributed by atoms with Gasteiger partial charge in [-0.25, -0.2) is 9.78 Å². The first-order chi connectivity index (χ1) is 10.1. The van der Waals surface area contributed by atoms with Crippen LogP contribution >= 0.6 is 0 Å². The zero-order valence-electron chi connectivity index (χ0n) is 11.7. The molecule has 0 spiro atoms. The number of aryl methyl sites for hydroxylation is 1. The summed E-state index contributed by atoms with van der Waals surface area (Å²) in [4.78, 5) is 15.2. The van der Waals surface area contributed by atoms with E-state index in [1.165, 1.54) is 5.56 Å². The second kappa shape index (κ2) is 5.44. The number of ether oxygens (including phenoxy) is 1. The highest BCUT2D eigenvalue weighted by Gasteiger charge is 2.22. The fourth-order valence-electron chi connectivity index (χ4n) is 2.47. The van der Waals surface area contributed by atoms with Crippen molar-refractivity contribution in [3.8, 4) is 5.75 Å². The number of hydrogen-bond acceptors (Lipinski definition) is 4. The summed E-state index contributed by atoms with van der Waals surface area (Å²) < 4.78 is 5.84. The number of para-hydroxylation sites is 1. The Labute approximate surface area is 122 Å². The average Bonchev–Trinajstić information content (AvgIpc) is 2.87. The van der Waals surface area contributed by atoms with Gasteiger partial charge >= 0.3 is 5.97 Å². The molecule has 0 radical (unpaired) electrons. The number of aromatic carboxylic acids is 1. The Bertz CT molecular complexity index is 660. The quantitative estimate of drug-likeness (QED) is 0.902. The van der Waals surface area contributed by atoms with E-state index in [1.807, 2.05) is 18.2 Å². The van der Waals surface area contributed by atoms with Crippen LogP contribution in [0, 0.1) is 6.92 Å². The molecule has 2 N–H and O–H groups in total. The van der Waals surface area contributed by atoms with Crippen LogP contribution in [0.25, 0.3) is 0 Å². The van der Waals surface area contributed by atoms with Crippen LogP contribution in [0.4, 0.5) is 5.82 Å². The molecule has 0 fully saturated rings. The smallest absolute Gasteiger partial charge is 0.337 e. The van der Waals surface area contributed by atoms with Crippen LogP contribution in [-0.2, 0) is 6.42 Å². The Kier molecular flexibility index (Phi) is 3.48. The average molecular weight is 284 g/mol. The van der Waals surface area contributed by atoms with E-state index >= 15 is 0 Å². The van der Waals surface area contributed by atoms with Crippen molar-refractivity contribution >= 4 is 11.8 Å². The summed E-state index contributed by atoms with van der Waals surface area (Å²) in [6.07, 6.45) is 0.943. The lowest BCUT2D eigenvalue weighted by Crippen LogP contribution is -2.24. The number of aromatic nitrogens is 1. The van der Waals surface area contributed by atoms with Gasteiger partial charge in [-0.05, 0) is 30.7 Å². The highest BCUT2D eigenvalue weighted by atomic mass is 16.5. The third kappa shape index (κ3) is 2.81. The van der Waals surface area contributed by atoms with Gasteiger partial charge in [-0.15, -0.1) is 0 Å². The van der Waals surface area contributed by atoms with E-state index < -0.39 is 5.97 Å². The predicted molar refractivity (Wildman–Crippen MR) is 79.0 cm³/mol. The van der Waals surface area contributed by atoms with Crippen molar-refractivity contribution in [1.29, 1.82) is 0 Å². The van der Waals surface area contributed by atoms with Gasteiger partial charge in [-0.3, -0.25) is 0 Å². The first-order valence-electron chi connectivity index (χ1n) is 6.83. The molecule has 5 heteroatoms. The zero-order chi connectivity index (χ0) is 14.8. The van der Waals surface area contributed by atoms with E-state index in [9.17, 15) is 4.79 Å². The van der Waals surface area contributed by atoms with E-state index in [0.717, 1.165) is 12.2 Å². The number of nitrogens with zero attached hydrogens (tertiary/aromatic N) is 1. The van der Waals surface area contributed by atoms with Crippen LogP contribution in [0.5, 0.6) is 5.75 Å². The fourth-order valence-corrected chi connectivity index (χ4v) is 2.47. The number of hydrogen-bond donors (Lipinski definition) is 2. The lowest BCUT2D eigenvalue weighted by Gasteiger charge is -2.13. The molecule has 0 saturated carbocycles. The Morgan fingerprint density at radius 2 is 2.19 bits per heavy atom. The van der Waals surface area contributed by atoms with E-state index in [4.69, 9.17) is 9.84 Å². The molecule has 1 aliphatic heterocycles. The van der Waals surface area contributed by atoms with Gasteiger partial charge in [0.05, 0.1) is 17.8 Å². The highest BCUT2D eigenvalue weighted by Crippen LogP contribution is 2.28. The summed E-state index contributed by atoms with van der Waals surface area (Å²) in [5, 5.41) is 12.2. The highest BCUT2D eigenvalue weighted by molar-refractivity contribution is 5.89. The van der Waals surface area contributed by atoms with Gasteiger partial charge in [0, 0.05) is 6.42 Å². The SMILES string of the molecule is Cc1nc(NCC2Cc3ccccc3O2)ccc1C(=O)O. The Hall–Kier alpha value is -2.56. The van der Waals surface area contributed by atoms with E-state index in [0.29, 0.717) is 18.1 Å². The minimum atomic E-state index is -0.957. The molecule has 108 valence electrons. The molecule has 5 nitrogen and oxygen atoms in total. The summed E-state index contributed by atoms with van der Waals surface area (Å²) in [5.41, 5.74) is 1.95. The molecule has 1 aliphatic rings. The number of carboxylic acid groups (broad SMARTS) is 1. The third-order valence-corrected chi connectivity index (χ3v) is 3.54. The van der Waals surface area contributed by atoms with Crippen molar-refractivity contribution in [2.75, 3.05) is 11.9 Å². The van der Waals surface area contributed by atoms with E-state index in [1.54, 1.807) is 19.1 Å². The molecule has 0 bridgehead atoms. The Balaban J connectivity index is 1.62. The molecule has 3 rings (SSSR count). The standard InChI is InChI=1S/C16H16N2O3/c1-10-13(16(19)20)6-7-15(18-10)17-9-12-8-11-4-2-3-5-14(11)21-12/h2-7,12H,8-9H2,1H3,(H,17,18)(H,19,20). The molecule has 2 heterocycles. The third-order valence-electron chi connectivity index (χ3n) is 3.54. The number of rotatable bonds is 4. The van der Waals surface area contributed by atoms with E-state index in [-0.39, 0.29) is 11.7 Å². The van der Waals surface area contributed by atoms with E-state index in [2.05, 4.69) is 16.4 Å². The van der Waals surface area contributed by atoms with Crippen LogP contribution in [0.15, 0.2) is 36.4 Å². The fraction of sp³-hybridized carbons (Fsp3) is 0.250. The number of fused-ring (bicyclic) bond motifs is 1. The maximum atomic E-state index is 10.9. The lowest BCUT2D eigenvalue weighted by atomic mass is 10.1. The number of benzene rings is 1. The normalized spacial score (nSPS) is 16.1. The van der Waals surface area contributed by atoms with Gasteiger partial charge in [0.1, 0.15) is 17.7 Å². The van der Waals surface area contributed by atoms with Crippen molar-refractivity contribution in [1.82, 2.24) is 4.98 Å². The van der Waals surface area contributed by atoms with Gasteiger partial charge in [0.25, 0.3) is 0 Å². The largest absolute Gasteiger partial charge is 0.488 e. The van der Waals surface area contributed by atoms with Gasteiger partial charge in [-0.1, -0.05) is 18.2 Å². The number of anilines is 1. The topological polar surface area (TPSA) is 71.5 Å². The minimum Gasteiger partial charge on any atom is -0.488 e. The lowest BCUT2D eigenvalue weighted by molar-refractivity contribution is 0.0695. The molecular formula is C16H16N2O3. The molecular weight excluding hydrogens is 268 g/mol. The second-order valence-electron chi connectivity index (χ2n) is 5.07. The molecule has 21 heavy (non-hydrogen) atoms. The van der Waals surface area contributed by atoms with Crippen LogP contribution in [0.1, 0.15) is 21.6 Å². The van der Waals surface area contributed by atoms with Crippen molar-refractivity contribution in [2.24, 2.45) is 0 Å². The minimum absolute atomic E-state index is 0.0728. The number of carbonyl (C=O) groups is 1. The maximum absolute atomic E-state index is 10.9. The summed E-state index contributed by atoms with van der Waals surface area (Å²) >= 11 is 0. The molecule has 0 aliphatic carbocycles. The van der Waals surface area contributed by atoms with Gasteiger partial charge in [-0.2, -0.15) is 0 Å². The van der Waals surface area contributed by atoms with Crippen LogP contribution < -0.4 is 10.1 Å². The number of pyridine rings is 1. The van der Waals surface area contributed by atoms with Crippen molar-refractivity contribution in [3.05, 3.63) is 53.2 Å². The van der Waals surface area contributed by atoms with Crippen LogP contribution in [0.2, 0.25) is 0 Å². The summed E-state index contributed by atoms with van der Waals surface area (Å²) in [5.74, 6) is 0.646. The summed E-state index contributed by atoms with van der Waals surface area (Å²) in [6, 6.07) is 11.3. The van der Waals surface area contributed by atoms with Crippen molar-refractivity contribution in [2.45, 2.75) is 19.4 Å². The van der Waals surface area contributed by atoms with Gasteiger partial charge in [0.15, 0.2) is 0 Å². The molecule has 0 amide bonds. The molecule has 2 aromatic rings. The first-order valence-corrected chi connectivity index (χ1v) is 6.83. The molecule has 1 aromatic heterocycles. The molecule has 1 aromatic carbocycles. The predicted octanol–water partition coefficient (Wildman–Crippen LogP) is 2.50. The van der Waals surface area contributed by atoms with Crippen LogP contribution in [0.3, 0.4) is 0 Å². The van der Waals surface area contributed by atoms with Crippen LogP contribution in [-0.4, -0.2) is 28.7 Å². The number of carboxylic acids is 1. The van der Waals surface area contributed by atoms with Crippen molar-refractivity contribution < 1.29 is 14.6 Å². The maximum Gasteiger partial charge on any atom is 0.337 e. The van der Waals surface area contributed by atoms with Gasteiger partial charge < -0.3 is 15.2 Å². The van der Waals surface area contributed by atoms with Crippen molar-refractivity contribution in [3.63, 3.8) is 0 Å². The second-order valence-corrected chi connectivity index (χ2v) is 5.07. The first kappa shape index (κ1) is 13.4.